The average Bonchev–Trinajstić information content (AvgIpc) is 2.84. The Hall–Kier alpha value is -3.54. The highest BCUT2D eigenvalue weighted by atomic mass is 16.2. The van der Waals surface area contributed by atoms with Crippen LogP contribution in [0.3, 0.4) is 0 Å². The summed E-state index contributed by atoms with van der Waals surface area (Å²) in [6.07, 6.45) is 3.25. The molecule has 0 aliphatic heterocycles. The lowest BCUT2D eigenvalue weighted by atomic mass is 9.90. The molecule has 1 fully saturated rings. The minimum absolute atomic E-state index is 0.0787. The van der Waals surface area contributed by atoms with E-state index in [-0.39, 0.29) is 24.1 Å². The van der Waals surface area contributed by atoms with Gasteiger partial charge in [-0.3, -0.25) is 0 Å². The Bertz CT molecular complexity index is 1100. The van der Waals surface area contributed by atoms with Gasteiger partial charge in [-0.1, -0.05) is 60.7 Å². The molecule has 6 nitrogen and oxygen atoms in total. The van der Waals surface area contributed by atoms with E-state index in [1.807, 2.05) is 77.9 Å². The number of amides is 4. The average molecular weight is 517 g/mol. The Morgan fingerprint density at radius 3 is 1.34 bits per heavy atom. The van der Waals surface area contributed by atoms with Gasteiger partial charge >= 0.3 is 12.1 Å². The summed E-state index contributed by atoms with van der Waals surface area (Å²) in [6.45, 7) is 20.0. The second-order valence-electron chi connectivity index (χ2n) is 11.7. The molecule has 1 aliphatic carbocycles. The molecule has 38 heavy (non-hydrogen) atoms. The summed E-state index contributed by atoms with van der Waals surface area (Å²) < 4.78 is 0. The van der Waals surface area contributed by atoms with Crippen LogP contribution in [0.4, 0.5) is 9.59 Å². The molecule has 2 aromatic rings. The third-order valence-corrected chi connectivity index (χ3v) is 7.40. The van der Waals surface area contributed by atoms with E-state index in [1.54, 1.807) is 0 Å². The van der Waals surface area contributed by atoms with Gasteiger partial charge in [-0.15, -0.1) is 0 Å². The van der Waals surface area contributed by atoms with E-state index >= 15 is 0 Å². The first-order chi connectivity index (χ1) is 17.8. The normalized spacial score (nSPS) is 17.7. The van der Waals surface area contributed by atoms with E-state index in [2.05, 4.69) is 46.6 Å². The molecule has 2 aromatic carbocycles. The first-order valence-corrected chi connectivity index (χ1v) is 13.5. The summed E-state index contributed by atoms with van der Waals surface area (Å²) in [5, 5.41) is 12.5. The SMILES string of the molecule is C=C(C)c1cccc(C(C)(C)NC(=O)NC2CCC(NC(=O)NC(C)(C)c3cccc(C(=C)C)c3)CC2)c1. The minimum Gasteiger partial charge on any atom is -0.335 e. The van der Waals surface area contributed by atoms with Crippen molar-refractivity contribution in [3.8, 4) is 0 Å². The summed E-state index contributed by atoms with van der Waals surface area (Å²) in [5.41, 5.74) is 5.13. The molecule has 0 radical (unpaired) electrons. The summed E-state index contributed by atoms with van der Waals surface area (Å²) in [4.78, 5) is 25.6. The lowest BCUT2D eigenvalue weighted by Gasteiger charge is -2.33. The molecular formula is C32H44N4O2. The van der Waals surface area contributed by atoms with Gasteiger partial charge in [-0.2, -0.15) is 0 Å². The van der Waals surface area contributed by atoms with E-state index in [1.165, 1.54) is 0 Å². The summed E-state index contributed by atoms with van der Waals surface area (Å²) in [7, 11) is 0. The Morgan fingerprint density at radius 1 is 0.684 bits per heavy atom. The third kappa shape index (κ3) is 7.73. The van der Waals surface area contributed by atoms with Crippen molar-refractivity contribution in [1.82, 2.24) is 21.3 Å². The molecular weight excluding hydrogens is 472 g/mol. The number of hydrogen-bond donors (Lipinski definition) is 4. The molecule has 0 saturated heterocycles. The topological polar surface area (TPSA) is 82.3 Å². The van der Waals surface area contributed by atoms with Crippen LogP contribution in [0.1, 0.15) is 89.5 Å². The lowest BCUT2D eigenvalue weighted by Crippen LogP contribution is -2.53. The van der Waals surface area contributed by atoms with Crippen molar-refractivity contribution in [3.63, 3.8) is 0 Å². The van der Waals surface area contributed by atoms with Gasteiger partial charge < -0.3 is 21.3 Å². The summed E-state index contributed by atoms with van der Waals surface area (Å²) >= 11 is 0. The molecule has 0 atom stereocenters. The number of urea groups is 2. The molecule has 1 saturated carbocycles. The minimum atomic E-state index is -0.525. The molecule has 0 heterocycles. The van der Waals surface area contributed by atoms with Gasteiger partial charge in [0.1, 0.15) is 0 Å². The van der Waals surface area contributed by atoms with Gasteiger partial charge in [0.2, 0.25) is 0 Å². The molecule has 1 aliphatic rings. The van der Waals surface area contributed by atoms with Gasteiger partial charge in [0, 0.05) is 12.1 Å². The highest BCUT2D eigenvalue weighted by Gasteiger charge is 2.29. The largest absolute Gasteiger partial charge is 0.335 e. The second kappa shape index (κ2) is 11.9. The van der Waals surface area contributed by atoms with E-state index < -0.39 is 11.1 Å². The highest BCUT2D eigenvalue weighted by molar-refractivity contribution is 5.76. The Kier molecular flexibility index (Phi) is 9.08. The fraction of sp³-hybridized carbons (Fsp3) is 0.438. The molecule has 204 valence electrons. The van der Waals surface area contributed by atoms with Crippen LogP contribution >= 0.6 is 0 Å². The summed E-state index contributed by atoms with van der Waals surface area (Å²) in [5.74, 6) is 0. The fourth-order valence-electron chi connectivity index (χ4n) is 4.88. The maximum Gasteiger partial charge on any atom is 0.315 e. The van der Waals surface area contributed by atoms with Crippen molar-refractivity contribution >= 4 is 23.2 Å². The number of allylic oxidation sites excluding steroid dienone is 2. The summed E-state index contributed by atoms with van der Waals surface area (Å²) in [6, 6.07) is 16.0. The van der Waals surface area contributed by atoms with Gasteiger partial charge in [-0.25, -0.2) is 9.59 Å². The van der Waals surface area contributed by atoms with Crippen molar-refractivity contribution in [2.45, 2.75) is 90.4 Å². The zero-order valence-corrected chi connectivity index (χ0v) is 23.8. The number of nitrogens with one attached hydrogen (secondary N) is 4. The zero-order chi connectivity index (χ0) is 28.1. The number of hydrogen-bond acceptors (Lipinski definition) is 2. The number of benzene rings is 2. The first kappa shape index (κ1) is 29.0. The molecule has 4 N–H and O–H groups in total. The highest BCUT2D eigenvalue weighted by Crippen LogP contribution is 2.25. The van der Waals surface area contributed by atoms with Gasteiger partial charge in [0.15, 0.2) is 0 Å². The van der Waals surface area contributed by atoms with Crippen molar-refractivity contribution in [2.24, 2.45) is 0 Å². The van der Waals surface area contributed by atoms with Crippen LogP contribution < -0.4 is 21.3 Å². The molecule has 0 spiro atoms. The van der Waals surface area contributed by atoms with Crippen LogP contribution in [0.15, 0.2) is 61.7 Å². The molecule has 0 unspecified atom stereocenters. The molecule has 4 amide bonds. The number of carbonyl (C=O) groups is 2. The van der Waals surface area contributed by atoms with Gasteiger partial charge in [0.05, 0.1) is 11.1 Å². The third-order valence-electron chi connectivity index (χ3n) is 7.40. The van der Waals surface area contributed by atoms with Crippen LogP contribution in [0.2, 0.25) is 0 Å². The fourth-order valence-corrected chi connectivity index (χ4v) is 4.88. The van der Waals surface area contributed by atoms with E-state index in [4.69, 9.17) is 0 Å². The maximum atomic E-state index is 12.8. The van der Waals surface area contributed by atoms with Crippen LogP contribution in [-0.2, 0) is 11.1 Å². The van der Waals surface area contributed by atoms with Crippen molar-refractivity contribution in [1.29, 1.82) is 0 Å². The molecule has 6 heteroatoms. The van der Waals surface area contributed by atoms with Crippen molar-refractivity contribution in [2.75, 3.05) is 0 Å². The molecule has 0 aromatic heterocycles. The van der Waals surface area contributed by atoms with E-state index in [0.717, 1.165) is 59.1 Å². The van der Waals surface area contributed by atoms with E-state index in [9.17, 15) is 9.59 Å². The Labute approximate surface area is 228 Å². The molecule has 0 bridgehead atoms. The van der Waals surface area contributed by atoms with Crippen LogP contribution in [-0.4, -0.2) is 24.1 Å². The predicted molar refractivity (Wildman–Crippen MR) is 158 cm³/mol. The lowest BCUT2D eigenvalue weighted by molar-refractivity contribution is 0.211. The van der Waals surface area contributed by atoms with Gasteiger partial charge in [0.25, 0.3) is 0 Å². The number of rotatable bonds is 8. The van der Waals surface area contributed by atoms with Crippen LogP contribution in [0, 0.1) is 0 Å². The van der Waals surface area contributed by atoms with Crippen molar-refractivity contribution < 1.29 is 9.59 Å². The van der Waals surface area contributed by atoms with E-state index in [0.29, 0.717) is 0 Å². The Morgan fingerprint density at radius 2 is 1.03 bits per heavy atom. The van der Waals surface area contributed by atoms with Crippen molar-refractivity contribution in [3.05, 3.63) is 83.9 Å². The molecule has 3 rings (SSSR count). The Balaban J connectivity index is 1.47. The quantitative estimate of drug-likeness (QED) is 0.310. The maximum absolute atomic E-state index is 12.8. The van der Waals surface area contributed by atoms with Crippen LogP contribution in [0.5, 0.6) is 0 Å². The van der Waals surface area contributed by atoms with Crippen LogP contribution in [0.25, 0.3) is 11.1 Å². The standard InChI is InChI=1S/C32H44N4O2/c1-21(2)23-11-9-13-25(19-23)31(5,6)35-29(37)33-27-15-17-28(18-16-27)34-30(38)36-32(7,8)26-14-10-12-24(20-26)22(3)4/h9-14,19-20,27-28H,1,3,15-18H2,2,4-8H3,(H2,33,35,37)(H2,34,36,38). The predicted octanol–water partition coefficient (Wildman–Crippen LogP) is 6.83. The first-order valence-electron chi connectivity index (χ1n) is 13.5. The van der Waals surface area contributed by atoms with Gasteiger partial charge in [-0.05, 0) is 102 Å². The number of carbonyl (C=O) groups excluding carboxylic acids is 2. The smallest absolute Gasteiger partial charge is 0.315 e. The monoisotopic (exact) mass is 516 g/mol. The second-order valence-corrected chi connectivity index (χ2v) is 11.7. The zero-order valence-electron chi connectivity index (χ0n) is 23.8.